The van der Waals surface area contributed by atoms with Gasteiger partial charge in [-0.25, -0.2) is 19.9 Å². The Balaban J connectivity index is 1.56. The highest BCUT2D eigenvalue weighted by atomic mass is 16.5. The average molecular weight is 1010 g/mol. The van der Waals surface area contributed by atoms with E-state index in [1.807, 2.05) is 0 Å². The van der Waals surface area contributed by atoms with Gasteiger partial charge < -0.3 is 19.4 Å². The van der Waals surface area contributed by atoms with E-state index in [-0.39, 0.29) is 32.5 Å². The zero-order valence-corrected chi connectivity index (χ0v) is 49.0. The van der Waals surface area contributed by atoms with Gasteiger partial charge in [0.05, 0.1) is 37.0 Å². The van der Waals surface area contributed by atoms with Gasteiger partial charge in [-0.3, -0.25) is 0 Å². The molecule has 0 atom stereocenters. The molecule has 4 aromatic heterocycles. The Labute approximate surface area is 452 Å². The minimum Gasteiger partial charge on any atom is -0.480 e. The number of H-pyrrole nitrogens is 2. The number of aromatic nitrogens is 6. The van der Waals surface area contributed by atoms with Gasteiger partial charge in [0.2, 0.25) is 11.8 Å². The van der Waals surface area contributed by atoms with Crippen molar-refractivity contribution >= 4 is 46.4 Å². The van der Waals surface area contributed by atoms with E-state index in [0.29, 0.717) is 23.0 Å². The Morgan fingerprint density at radius 1 is 0.316 bits per heavy atom. The van der Waals surface area contributed by atoms with Gasteiger partial charge in [-0.2, -0.15) is 0 Å². The molecule has 0 unspecified atom stereocenters. The summed E-state index contributed by atoms with van der Waals surface area (Å²) in [5, 5.41) is 0. The van der Waals surface area contributed by atoms with Crippen LogP contribution in [0.25, 0.3) is 90.9 Å². The molecule has 8 bridgehead atoms. The lowest BCUT2D eigenvalue weighted by atomic mass is 9.78. The number of benzene rings is 3. The molecule has 2 aliphatic heterocycles. The second-order valence-corrected chi connectivity index (χ2v) is 27.2. The molecule has 0 fully saturated rings. The highest BCUT2D eigenvalue weighted by Gasteiger charge is 2.29. The van der Waals surface area contributed by atoms with Crippen molar-refractivity contribution in [2.24, 2.45) is 0 Å². The van der Waals surface area contributed by atoms with E-state index in [4.69, 9.17) is 19.4 Å². The maximum atomic E-state index is 6.05. The normalized spacial score (nSPS) is 13.4. The zero-order valence-electron chi connectivity index (χ0n) is 49.0. The Morgan fingerprint density at radius 2 is 0.553 bits per heavy atom. The number of methoxy groups -OCH3 is 2. The molecule has 2 aliphatic rings. The number of rotatable bonds is 6. The standard InChI is InChI=1S/C68H80N6O2/c1-63(2,3)42-29-39(30-43(35-42)64(4,5)6)56-48-21-23-50(71-48)57(40-31-44(65(7,8)9)36-45(32-40)66(10,11)12)52-25-27-54(73-52)59(60-61(75-19)69-38-70-62(60)76-20)55-28-26-53(74-55)58(51-24-22-49(56)72-51)41-33-46(67(13,14)15)37-47(34-41)68(16,17)18/h21-38,71,74H,1-20H3. The van der Waals surface area contributed by atoms with Crippen molar-refractivity contribution in [3.05, 3.63) is 141 Å². The number of ether oxygens (including phenoxy) is 2. The lowest BCUT2D eigenvalue weighted by molar-refractivity contribution is 0.375. The first-order valence-electron chi connectivity index (χ1n) is 26.9. The monoisotopic (exact) mass is 1010 g/mol. The molecule has 0 amide bonds. The molecule has 394 valence electrons. The van der Waals surface area contributed by atoms with Crippen LogP contribution in [0, 0.1) is 0 Å². The summed E-state index contributed by atoms with van der Waals surface area (Å²) < 4.78 is 12.1. The van der Waals surface area contributed by atoms with E-state index in [2.05, 4.69) is 248 Å². The molecule has 76 heavy (non-hydrogen) atoms. The van der Waals surface area contributed by atoms with Crippen LogP contribution < -0.4 is 9.47 Å². The van der Waals surface area contributed by atoms with Gasteiger partial charge in [-0.15, -0.1) is 0 Å². The molecule has 0 saturated heterocycles. The van der Waals surface area contributed by atoms with Crippen LogP contribution in [-0.4, -0.2) is 44.1 Å². The van der Waals surface area contributed by atoms with Gasteiger partial charge in [-0.1, -0.05) is 179 Å². The molecule has 0 spiro atoms. The number of nitrogens with one attached hydrogen (secondary N) is 2. The van der Waals surface area contributed by atoms with Gasteiger partial charge in [0.15, 0.2) is 0 Å². The van der Waals surface area contributed by atoms with Gasteiger partial charge in [0.25, 0.3) is 0 Å². The van der Waals surface area contributed by atoms with E-state index in [0.717, 1.165) is 78.1 Å². The van der Waals surface area contributed by atoms with Gasteiger partial charge in [0.1, 0.15) is 11.9 Å². The first-order chi connectivity index (χ1) is 35.3. The van der Waals surface area contributed by atoms with Crippen LogP contribution in [-0.2, 0) is 32.5 Å². The highest BCUT2D eigenvalue weighted by molar-refractivity contribution is 6.01. The summed E-state index contributed by atoms with van der Waals surface area (Å²) >= 11 is 0. The Bertz CT molecular complexity index is 3480. The highest BCUT2D eigenvalue weighted by Crippen LogP contribution is 2.45. The smallest absolute Gasteiger partial charge is 0.228 e. The lowest BCUT2D eigenvalue weighted by Gasteiger charge is -2.26. The molecular weight excluding hydrogens is 933 g/mol. The molecule has 2 N–H and O–H groups in total. The second kappa shape index (κ2) is 18.9. The molecular formula is C68H80N6O2. The van der Waals surface area contributed by atoms with Crippen molar-refractivity contribution < 1.29 is 9.47 Å². The van der Waals surface area contributed by atoms with Gasteiger partial charge in [0, 0.05) is 44.3 Å². The van der Waals surface area contributed by atoms with Crippen LogP contribution in [0.1, 0.15) is 181 Å². The first-order valence-corrected chi connectivity index (χ1v) is 26.9. The Morgan fingerprint density at radius 3 is 0.789 bits per heavy atom. The van der Waals surface area contributed by atoms with Crippen molar-refractivity contribution in [1.82, 2.24) is 29.9 Å². The summed E-state index contributed by atoms with van der Waals surface area (Å²) in [7, 11) is 3.26. The molecule has 8 heteroatoms. The summed E-state index contributed by atoms with van der Waals surface area (Å²) in [6.45, 7) is 41.3. The third kappa shape index (κ3) is 10.4. The lowest BCUT2D eigenvalue weighted by Crippen LogP contribution is -2.16. The largest absolute Gasteiger partial charge is 0.480 e. The fourth-order valence-corrected chi connectivity index (χ4v) is 10.2. The van der Waals surface area contributed by atoms with E-state index in [9.17, 15) is 0 Å². The van der Waals surface area contributed by atoms with Crippen molar-refractivity contribution in [2.75, 3.05) is 14.2 Å². The average Bonchev–Trinajstić information content (AvgIpc) is 4.18. The quantitative estimate of drug-likeness (QED) is 0.172. The first kappa shape index (κ1) is 53.8. The summed E-state index contributed by atoms with van der Waals surface area (Å²) in [6, 6.07) is 30.1. The van der Waals surface area contributed by atoms with Crippen molar-refractivity contribution in [1.29, 1.82) is 0 Å². The van der Waals surface area contributed by atoms with Gasteiger partial charge >= 0.3 is 0 Å². The van der Waals surface area contributed by atoms with E-state index < -0.39 is 0 Å². The van der Waals surface area contributed by atoms with Crippen LogP contribution in [0.4, 0.5) is 0 Å². The summed E-state index contributed by atoms with van der Waals surface area (Å²) in [4.78, 5) is 28.8. The molecule has 0 aliphatic carbocycles. The number of nitrogens with zero attached hydrogens (tertiary/aromatic N) is 4. The van der Waals surface area contributed by atoms with Crippen LogP contribution in [0.5, 0.6) is 11.8 Å². The molecule has 6 heterocycles. The van der Waals surface area contributed by atoms with E-state index in [1.54, 1.807) is 14.2 Å². The van der Waals surface area contributed by atoms with Crippen LogP contribution in [0.2, 0.25) is 0 Å². The zero-order chi connectivity index (χ0) is 55.2. The number of hydrogen-bond donors (Lipinski definition) is 2. The van der Waals surface area contributed by atoms with Crippen LogP contribution in [0.15, 0.2) is 85.2 Å². The van der Waals surface area contributed by atoms with Gasteiger partial charge in [-0.05, 0) is 131 Å². The van der Waals surface area contributed by atoms with Crippen LogP contribution in [0.3, 0.4) is 0 Å². The molecule has 8 nitrogen and oxygen atoms in total. The maximum Gasteiger partial charge on any atom is 0.228 e. The number of fused-ring (bicyclic) bond motifs is 8. The van der Waals surface area contributed by atoms with E-state index in [1.165, 1.54) is 39.7 Å². The Kier molecular flexibility index (Phi) is 13.4. The minimum atomic E-state index is -0.129. The molecule has 7 aromatic rings. The number of aromatic amines is 2. The number of hydrogen-bond acceptors (Lipinski definition) is 6. The molecule has 3 aromatic carbocycles. The maximum absolute atomic E-state index is 6.05. The fourth-order valence-electron chi connectivity index (χ4n) is 10.2. The molecule has 0 radical (unpaired) electrons. The second-order valence-electron chi connectivity index (χ2n) is 27.2. The summed E-state index contributed by atoms with van der Waals surface area (Å²) in [6.07, 6.45) is 10.1. The topological polar surface area (TPSA) is 102 Å². The predicted molar refractivity (Wildman–Crippen MR) is 321 cm³/mol. The minimum absolute atomic E-state index is 0.115. The van der Waals surface area contributed by atoms with Crippen molar-refractivity contribution in [3.8, 4) is 56.3 Å². The third-order valence-electron chi connectivity index (χ3n) is 15.0. The van der Waals surface area contributed by atoms with E-state index >= 15 is 0 Å². The van der Waals surface area contributed by atoms with Crippen molar-refractivity contribution in [3.63, 3.8) is 0 Å². The SMILES string of the molecule is COc1ncnc(OC)c1-c1c2nc(c(-c3cc(C(C)(C)C)cc(C(C)(C)C)c3)c3ccc([nH]3)c(-c3cc(C(C)(C)C)cc(C(C)(C)C)c3)c3nc(c(-c4cc(C(C)(C)C)cc(C(C)(C)C)c4)c4ccc1[nH]4)C=C3)C=C2. The molecule has 9 rings (SSSR count). The summed E-state index contributed by atoms with van der Waals surface area (Å²) in [5.74, 6) is 0.741. The molecule has 0 saturated carbocycles. The third-order valence-corrected chi connectivity index (χ3v) is 15.0. The fraction of sp³-hybridized carbons (Fsp3) is 0.382. The van der Waals surface area contributed by atoms with Crippen LogP contribution >= 0.6 is 0 Å². The Hall–Kier alpha value is -7.06. The summed E-state index contributed by atoms with van der Waals surface area (Å²) in [5.41, 5.74) is 21.2. The predicted octanol–water partition coefficient (Wildman–Crippen LogP) is 17.9. The van der Waals surface area contributed by atoms with Crippen molar-refractivity contribution in [2.45, 2.75) is 157 Å².